The van der Waals surface area contributed by atoms with Gasteiger partial charge >= 0.3 is 6.18 Å². The van der Waals surface area contributed by atoms with Crippen molar-refractivity contribution in [1.29, 1.82) is 0 Å². The molecule has 3 saturated carbocycles. The van der Waals surface area contributed by atoms with Gasteiger partial charge in [-0.15, -0.1) is 0 Å². The van der Waals surface area contributed by atoms with Gasteiger partial charge in [0.2, 0.25) is 0 Å². The van der Waals surface area contributed by atoms with E-state index in [0.717, 1.165) is 11.3 Å². The number of hydrogen-bond donors (Lipinski definition) is 0. The zero-order chi connectivity index (χ0) is 24.8. The highest BCUT2D eigenvalue weighted by atomic mass is 19.4. The lowest BCUT2D eigenvalue weighted by atomic mass is 9.33. The average molecular weight is 486 g/mol. The quantitative estimate of drug-likeness (QED) is 0.560. The molecule has 4 heterocycles. The van der Waals surface area contributed by atoms with E-state index in [2.05, 4.69) is 14.9 Å². The number of ether oxygens (including phenoxy) is 1. The van der Waals surface area contributed by atoms with Gasteiger partial charge < -0.3 is 9.64 Å². The van der Waals surface area contributed by atoms with E-state index >= 15 is 0 Å². The normalized spacial score (nSPS) is 28.1. The van der Waals surface area contributed by atoms with Gasteiger partial charge in [0.25, 0.3) is 5.56 Å². The Morgan fingerprint density at radius 2 is 1.89 bits per heavy atom. The molecule has 0 aromatic carbocycles. The molecule has 1 saturated heterocycles. The molecule has 0 spiro atoms. The molecule has 0 radical (unpaired) electrons. The van der Waals surface area contributed by atoms with Crippen molar-refractivity contribution >= 4 is 16.7 Å². The average Bonchev–Trinajstić information content (AvgIpc) is 2.74. The summed E-state index contributed by atoms with van der Waals surface area (Å²) in [4.78, 5) is 29.1. The summed E-state index contributed by atoms with van der Waals surface area (Å²) in [6.45, 7) is 5.27. The Morgan fingerprint density at radius 1 is 1.14 bits per heavy atom. The van der Waals surface area contributed by atoms with Crippen molar-refractivity contribution < 1.29 is 17.9 Å². The molecule has 1 aliphatic heterocycles. The van der Waals surface area contributed by atoms with E-state index in [-0.39, 0.29) is 30.9 Å². The molecule has 3 aromatic rings. The highest BCUT2D eigenvalue weighted by Gasteiger charge is 2.79. The summed E-state index contributed by atoms with van der Waals surface area (Å²) in [5.74, 6) is 1.17. The summed E-state index contributed by atoms with van der Waals surface area (Å²) < 4.78 is 48.2. The Balaban J connectivity index is 1.43. The molecular weight excluding hydrogens is 459 g/mol. The molecule has 184 valence electrons. The highest BCUT2D eigenvalue weighted by molar-refractivity contribution is 5.84. The summed E-state index contributed by atoms with van der Waals surface area (Å²) in [5, 5.41) is 0.340. The van der Waals surface area contributed by atoms with Gasteiger partial charge in [0.05, 0.1) is 28.6 Å². The molecule has 1 atom stereocenters. The number of aromatic nitrogens is 4. The zero-order valence-corrected chi connectivity index (χ0v) is 19.8. The van der Waals surface area contributed by atoms with E-state index < -0.39 is 17.0 Å². The van der Waals surface area contributed by atoms with Gasteiger partial charge in [-0.25, -0.2) is 9.97 Å². The lowest BCUT2D eigenvalue weighted by molar-refractivity contribution is -0.337. The monoisotopic (exact) mass is 485 g/mol. The van der Waals surface area contributed by atoms with Crippen LogP contribution in [0.3, 0.4) is 0 Å². The van der Waals surface area contributed by atoms with Gasteiger partial charge in [-0.2, -0.15) is 13.2 Å². The molecule has 3 aliphatic carbocycles. The van der Waals surface area contributed by atoms with Crippen LogP contribution in [0.4, 0.5) is 19.0 Å². The Kier molecular flexibility index (Phi) is 4.65. The van der Waals surface area contributed by atoms with Crippen LogP contribution in [0.25, 0.3) is 10.9 Å². The minimum atomic E-state index is -4.23. The van der Waals surface area contributed by atoms with E-state index in [9.17, 15) is 18.0 Å². The largest absolute Gasteiger partial charge is 0.394 e. The van der Waals surface area contributed by atoms with Crippen molar-refractivity contribution in [1.82, 2.24) is 19.5 Å². The second-order valence-corrected chi connectivity index (χ2v) is 10.4. The van der Waals surface area contributed by atoms with Crippen molar-refractivity contribution in [3.05, 3.63) is 57.5 Å². The predicted molar refractivity (Wildman–Crippen MR) is 123 cm³/mol. The van der Waals surface area contributed by atoms with Crippen LogP contribution >= 0.6 is 0 Å². The van der Waals surface area contributed by atoms with Gasteiger partial charge in [0, 0.05) is 43.5 Å². The fraction of sp³-hybridized carbons (Fsp3) is 0.520. The molecule has 7 rings (SSSR count). The van der Waals surface area contributed by atoms with Crippen LogP contribution in [0.5, 0.6) is 0 Å². The van der Waals surface area contributed by atoms with Gasteiger partial charge in [-0.3, -0.25) is 14.3 Å². The summed E-state index contributed by atoms with van der Waals surface area (Å²) in [7, 11) is 1.63. The first-order valence-corrected chi connectivity index (χ1v) is 11.8. The van der Waals surface area contributed by atoms with E-state index in [1.165, 1.54) is 4.57 Å². The van der Waals surface area contributed by atoms with E-state index in [1.807, 2.05) is 19.1 Å². The molecule has 4 aliphatic rings. The molecule has 4 fully saturated rings. The Bertz CT molecular complexity index is 1400. The maximum Gasteiger partial charge on any atom is 0.394 e. The van der Waals surface area contributed by atoms with Crippen LogP contribution in [0, 0.1) is 19.3 Å². The summed E-state index contributed by atoms with van der Waals surface area (Å²) in [6, 6.07) is 5.70. The molecule has 2 bridgehead atoms. The highest BCUT2D eigenvalue weighted by Crippen LogP contribution is 2.78. The van der Waals surface area contributed by atoms with Crippen LogP contribution in [-0.2, 0) is 17.2 Å². The third-order valence-electron chi connectivity index (χ3n) is 8.09. The lowest BCUT2D eigenvalue weighted by Crippen LogP contribution is -2.70. The number of halogens is 3. The standard InChI is InChI=1S/C25H26F3N5O2/c1-14-8-16(4-5-29-14)18-10-33(6-7-35-18)19-9-17-20(22(34)32(3)15(2)30-17)21(31-19)23-11-24(12-23,13-23)25(26,27)28/h4-5,8-9,18H,6-7,10-13H2,1-3H3/t18-,23?,24?/m0/s1. The topological polar surface area (TPSA) is 73.1 Å². The SMILES string of the molecule is Cc1cc([C@@H]2CN(c3cc4nc(C)n(C)c(=O)c4c(C45CC(C(F)(F)F)(C4)C5)n3)CCO2)ccn1. The van der Waals surface area contributed by atoms with Crippen LogP contribution in [0.15, 0.2) is 29.2 Å². The number of aryl methyl sites for hydroxylation is 2. The number of pyridine rings is 2. The molecule has 35 heavy (non-hydrogen) atoms. The molecule has 0 N–H and O–H groups in total. The Labute approximate surface area is 200 Å². The lowest BCUT2D eigenvalue weighted by Gasteiger charge is -2.70. The maximum absolute atomic E-state index is 13.6. The van der Waals surface area contributed by atoms with Crippen molar-refractivity contribution in [3.8, 4) is 0 Å². The fourth-order valence-electron chi connectivity index (χ4n) is 6.09. The number of morpholine rings is 1. The van der Waals surface area contributed by atoms with Gasteiger partial charge in [0.1, 0.15) is 17.7 Å². The smallest absolute Gasteiger partial charge is 0.370 e. The molecule has 0 amide bonds. The Morgan fingerprint density at radius 3 is 2.57 bits per heavy atom. The fourth-order valence-corrected chi connectivity index (χ4v) is 6.09. The van der Waals surface area contributed by atoms with Crippen molar-refractivity contribution in [2.75, 3.05) is 24.6 Å². The van der Waals surface area contributed by atoms with E-state index in [0.29, 0.717) is 47.9 Å². The van der Waals surface area contributed by atoms with Crippen LogP contribution in [-0.4, -0.2) is 45.4 Å². The number of anilines is 1. The minimum absolute atomic E-state index is 0.0197. The third-order valence-corrected chi connectivity index (χ3v) is 8.09. The first-order chi connectivity index (χ1) is 16.5. The molecular formula is C25H26F3N5O2. The van der Waals surface area contributed by atoms with E-state index in [1.54, 1.807) is 26.2 Å². The number of fused-ring (bicyclic) bond motifs is 1. The second kappa shape index (κ2) is 7.25. The number of nitrogens with zero attached hydrogens (tertiary/aromatic N) is 5. The van der Waals surface area contributed by atoms with Gasteiger partial charge in [-0.05, 0) is 50.8 Å². The molecule has 3 aromatic heterocycles. The molecule has 7 nitrogen and oxygen atoms in total. The number of rotatable bonds is 3. The van der Waals surface area contributed by atoms with Gasteiger partial charge in [-0.1, -0.05) is 0 Å². The van der Waals surface area contributed by atoms with E-state index in [4.69, 9.17) is 9.72 Å². The van der Waals surface area contributed by atoms with Crippen molar-refractivity contribution in [2.24, 2.45) is 12.5 Å². The van der Waals surface area contributed by atoms with Crippen LogP contribution in [0.1, 0.15) is 48.1 Å². The third kappa shape index (κ3) is 3.22. The van der Waals surface area contributed by atoms with Crippen molar-refractivity contribution in [2.45, 2.75) is 50.8 Å². The zero-order valence-electron chi connectivity index (χ0n) is 19.8. The number of alkyl halides is 3. The summed E-state index contributed by atoms with van der Waals surface area (Å²) >= 11 is 0. The predicted octanol–water partition coefficient (Wildman–Crippen LogP) is 3.90. The Hall–Kier alpha value is -3.01. The number of hydrogen-bond acceptors (Lipinski definition) is 6. The molecule has 10 heteroatoms. The first-order valence-electron chi connectivity index (χ1n) is 11.8. The van der Waals surface area contributed by atoms with Crippen molar-refractivity contribution in [3.63, 3.8) is 0 Å². The minimum Gasteiger partial charge on any atom is -0.370 e. The van der Waals surface area contributed by atoms with Crippen LogP contribution < -0.4 is 10.5 Å². The summed E-state index contributed by atoms with van der Waals surface area (Å²) in [6.07, 6.45) is -2.73. The van der Waals surface area contributed by atoms with Crippen LogP contribution in [0.2, 0.25) is 0 Å². The summed E-state index contributed by atoms with van der Waals surface area (Å²) in [5.41, 5.74) is 0.236. The molecule has 0 unspecified atom stereocenters. The van der Waals surface area contributed by atoms with Gasteiger partial charge in [0.15, 0.2) is 0 Å². The second-order valence-electron chi connectivity index (χ2n) is 10.4. The first kappa shape index (κ1) is 22.5. The maximum atomic E-state index is 13.6.